The number of hydrogen-bond donors (Lipinski definition) is 2. The molecule has 0 amide bonds. The third kappa shape index (κ3) is 2.84. The number of rotatable bonds is 7. The smallest absolute Gasteiger partial charge is 0.165 e. The van der Waals surface area contributed by atoms with E-state index in [2.05, 4.69) is 31.5 Å². The van der Waals surface area contributed by atoms with Crippen LogP contribution in [-0.2, 0) is 16.6 Å². The van der Waals surface area contributed by atoms with Gasteiger partial charge in [-0.1, -0.05) is 19.1 Å². The Morgan fingerprint density at radius 3 is 2.93 bits per heavy atom. The van der Waals surface area contributed by atoms with Crippen molar-refractivity contribution in [2.45, 2.75) is 49.9 Å². The minimum absolute atomic E-state index is 0.0938. The summed E-state index contributed by atoms with van der Waals surface area (Å²) in [6.45, 7) is 6.66. The number of ether oxygens (including phenoxy) is 2. The van der Waals surface area contributed by atoms with Crippen molar-refractivity contribution in [1.29, 1.82) is 0 Å². The number of likely N-dealkylation sites (tertiary alicyclic amines) is 1. The molecule has 0 aromatic heterocycles. The number of aliphatic hydroxyl groups excluding tert-OH is 2. The van der Waals surface area contributed by atoms with Crippen LogP contribution in [0.1, 0.15) is 30.9 Å². The minimum Gasteiger partial charge on any atom is -0.493 e. The van der Waals surface area contributed by atoms with Crippen LogP contribution < -0.4 is 9.47 Å². The summed E-state index contributed by atoms with van der Waals surface area (Å²) in [5.74, 6) is 1.21. The van der Waals surface area contributed by atoms with Gasteiger partial charge in [-0.15, -0.1) is 6.58 Å². The van der Waals surface area contributed by atoms with Gasteiger partial charge in [0, 0.05) is 29.4 Å². The zero-order valence-electron chi connectivity index (χ0n) is 17.4. The van der Waals surface area contributed by atoms with Crippen molar-refractivity contribution in [2.24, 2.45) is 11.8 Å². The number of aliphatic hydroxyl groups is 2. The number of piperidine rings is 1. The Hall–Kier alpha value is -1.89. The molecule has 1 saturated heterocycles. The standard InChI is InChI=1S/C23H31NO5/c1-5-14(11-17(26)18(27)12-25)22-23-8-9-24(3)16(13(23)2)10-15-6-7-19(28-4)21(29-22)20(15)23/h5-7,13-14,16,18,22,25,27H,1,8-12H2,2-4H3/t13-,14+,16+,18?,22-,23-/m0/s1. The molecule has 2 aliphatic heterocycles. The van der Waals surface area contributed by atoms with Gasteiger partial charge in [0.25, 0.3) is 0 Å². The highest BCUT2D eigenvalue weighted by Gasteiger charge is 2.62. The van der Waals surface area contributed by atoms with Crippen molar-refractivity contribution in [3.63, 3.8) is 0 Å². The van der Waals surface area contributed by atoms with Crippen molar-refractivity contribution in [1.82, 2.24) is 4.90 Å². The molecule has 0 saturated carbocycles. The first-order valence-corrected chi connectivity index (χ1v) is 10.4. The highest BCUT2D eigenvalue weighted by molar-refractivity contribution is 5.83. The van der Waals surface area contributed by atoms with Gasteiger partial charge in [0.1, 0.15) is 12.2 Å². The average molecular weight is 402 g/mol. The fourth-order valence-electron chi connectivity index (χ4n) is 5.98. The van der Waals surface area contributed by atoms with Gasteiger partial charge in [0.15, 0.2) is 17.3 Å². The summed E-state index contributed by atoms with van der Waals surface area (Å²) in [6.07, 6.45) is 2.15. The quantitative estimate of drug-likeness (QED) is 0.677. The SMILES string of the molecule is C=C[C@H](CC(=O)C(O)CO)[C@@H]1Oc2c(OC)ccc3c2[C@@]12CCN(C)[C@H](C3)[C@@H]2C. The highest BCUT2D eigenvalue weighted by Crippen LogP contribution is 2.61. The molecule has 1 aromatic rings. The lowest BCUT2D eigenvalue weighted by Crippen LogP contribution is -2.62. The third-order valence-electron chi connectivity index (χ3n) is 7.58. The summed E-state index contributed by atoms with van der Waals surface area (Å²) in [5.41, 5.74) is 2.31. The van der Waals surface area contributed by atoms with Gasteiger partial charge in [-0.3, -0.25) is 4.79 Å². The van der Waals surface area contributed by atoms with E-state index in [0.29, 0.717) is 12.0 Å². The lowest BCUT2D eigenvalue weighted by molar-refractivity contribution is -0.130. The van der Waals surface area contributed by atoms with Crippen LogP contribution in [0.2, 0.25) is 0 Å². The minimum atomic E-state index is -1.36. The Bertz CT molecular complexity index is 824. The topological polar surface area (TPSA) is 79.2 Å². The zero-order valence-corrected chi connectivity index (χ0v) is 17.4. The Morgan fingerprint density at radius 2 is 2.28 bits per heavy atom. The molecule has 4 rings (SSSR count). The number of carbonyl (C=O) groups is 1. The number of carbonyl (C=O) groups excluding carboxylic acids is 1. The van der Waals surface area contributed by atoms with E-state index in [1.165, 1.54) is 11.1 Å². The fourth-order valence-corrected chi connectivity index (χ4v) is 5.98. The maximum Gasteiger partial charge on any atom is 0.165 e. The summed E-state index contributed by atoms with van der Waals surface area (Å²) in [6, 6.07) is 4.53. The molecular formula is C23H31NO5. The average Bonchev–Trinajstić information content (AvgIpc) is 3.07. The van der Waals surface area contributed by atoms with E-state index < -0.39 is 12.7 Å². The molecule has 1 unspecified atom stereocenters. The molecule has 1 aromatic carbocycles. The van der Waals surface area contributed by atoms with Gasteiger partial charge in [-0.2, -0.15) is 0 Å². The van der Waals surface area contributed by atoms with Crippen molar-refractivity contribution in [3.05, 3.63) is 35.9 Å². The molecule has 2 N–H and O–H groups in total. The van der Waals surface area contributed by atoms with Gasteiger partial charge >= 0.3 is 0 Å². The Morgan fingerprint density at radius 1 is 1.52 bits per heavy atom. The van der Waals surface area contributed by atoms with Crippen LogP contribution in [0.5, 0.6) is 11.5 Å². The van der Waals surface area contributed by atoms with E-state index in [1.54, 1.807) is 13.2 Å². The number of benzene rings is 1. The molecule has 1 fully saturated rings. The molecule has 2 bridgehead atoms. The fraction of sp³-hybridized carbons (Fsp3) is 0.609. The number of hydrogen-bond acceptors (Lipinski definition) is 6. The first-order chi connectivity index (χ1) is 13.9. The molecule has 6 heteroatoms. The number of likely N-dealkylation sites (N-methyl/N-ethyl adjacent to an activating group) is 1. The first-order valence-electron chi connectivity index (χ1n) is 10.4. The molecular weight excluding hydrogens is 370 g/mol. The van der Waals surface area contributed by atoms with Crippen molar-refractivity contribution in [3.8, 4) is 11.5 Å². The van der Waals surface area contributed by atoms with E-state index in [0.717, 1.165) is 30.9 Å². The van der Waals surface area contributed by atoms with Gasteiger partial charge in [-0.25, -0.2) is 0 Å². The zero-order chi connectivity index (χ0) is 20.9. The molecule has 29 heavy (non-hydrogen) atoms. The predicted molar refractivity (Wildman–Crippen MR) is 109 cm³/mol. The summed E-state index contributed by atoms with van der Waals surface area (Å²) < 4.78 is 12.2. The van der Waals surface area contributed by atoms with Crippen molar-refractivity contribution >= 4 is 5.78 Å². The number of methoxy groups -OCH3 is 1. The summed E-state index contributed by atoms with van der Waals surface area (Å²) >= 11 is 0. The van der Waals surface area contributed by atoms with E-state index in [-0.39, 0.29) is 29.6 Å². The van der Waals surface area contributed by atoms with Crippen LogP contribution >= 0.6 is 0 Å². The van der Waals surface area contributed by atoms with Crippen LogP contribution in [0, 0.1) is 11.8 Å². The van der Waals surface area contributed by atoms with E-state index >= 15 is 0 Å². The van der Waals surface area contributed by atoms with E-state index in [1.807, 2.05) is 6.07 Å². The maximum absolute atomic E-state index is 12.4. The molecule has 2 heterocycles. The normalized spacial score (nSPS) is 32.1. The highest BCUT2D eigenvalue weighted by atomic mass is 16.5. The molecule has 3 aliphatic rings. The van der Waals surface area contributed by atoms with Crippen molar-refractivity contribution in [2.75, 3.05) is 27.3 Å². The number of ketones is 1. The summed E-state index contributed by atoms with van der Waals surface area (Å²) in [4.78, 5) is 14.9. The molecule has 158 valence electrons. The van der Waals surface area contributed by atoms with Crippen LogP contribution in [0.4, 0.5) is 0 Å². The second-order valence-electron chi connectivity index (χ2n) is 8.77. The van der Waals surface area contributed by atoms with E-state index in [4.69, 9.17) is 9.47 Å². The summed E-state index contributed by atoms with van der Waals surface area (Å²) in [7, 11) is 3.83. The number of nitrogens with zero attached hydrogens (tertiary/aromatic N) is 1. The summed E-state index contributed by atoms with van der Waals surface area (Å²) in [5, 5.41) is 19.0. The molecule has 6 nitrogen and oxygen atoms in total. The molecule has 1 spiro atoms. The molecule has 6 atom stereocenters. The van der Waals surface area contributed by atoms with E-state index in [9.17, 15) is 15.0 Å². The van der Waals surface area contributed by atoms with Crippen LogP contribution in [0.3, 0.4) is 0 Å². The monoisotopic (exact) mass is 401 g/mol. The predicted octanol–water partition coefficient (Wildman–Crippen LogP) is 1.70. The number of fused-ring (bicyclic) bond motifs is 1. The van der Waals surface area contributed by atoms with Crippen molar-refractivity contribution < 1.29 is 24.5 Å². The van der Waals surface area contributed by atoms with Gasteiger partial charge in [0.2, 0.25) is 0 Å². The van der Waals surface area contributed by atoms with Gasteiger partial charge in [0.05, 0.1) is 13.7 Å². The van der Waals surface area contributed by atoms with Gasteiger partial charge < -0.3 is 24.6 Å². The number of Topliss-reactive ketones (excluding diaryl/α,β-unsaturated/α-hetero) is 1. The van der Waals surface area contributed by atoms with Crippen LogP contribution in [0.15, 0.2) is 24.8 Å². The van der Waals surface area contributed by atoms with Crippen LogP contribution in [0.25, 0.3) is 0 Å². The Kier molecular flexibility index (Phi) is 5.21. The lowest BCUT2D eigenvalue weighted by Gasteiger charge is -2.55. The van der Waals surface area contributed by atoms with Crippen LogP contribution in [-0.4, -0.2) is 66.5 Å². The largest absolute Gasteiger partial charge is 0.493 e. The second kappa shape index (κ2) is 7.42. The Balaban J connectivity index is 1.81. The molecule has 1 aliphatic carbocycles. The maximum atomic E-state index is 12.4. The third-order valence-corrected chi connectivity index (χ3v) is 7.58. The second-order valence-corrected chi connectivity index (χ2v) is 8.77. The lowest BCUT2D eigenvalue weighted by atomic mass is 9.54. The Labute approximate surface area is 172 Å². The first kappa shape index (κ1) is 20.4. The van der Waals surface area contributed by atoms with Gasteiger partial charge in [-0.05, 0) is 44.0 Å². The molecule has 0 radical (unpaired) electrons.